The van der Waals surface area contributed by atoms with Crippen LogP contribution in [-0.2, 0) is 0 Å². The number of hydrogen-bond acceptors (Lipinski definition) is 7. The maximum absolute atomic E-state index is 5.39. The number of hydrogen-bond donors (Lipinski definition) is 1. The summed E-state index contributed by atoms with van der Waals surface area (Å²) >= 11 is 1.88. The van der Waals surface area contributed by atoms with Crippen LogP contribution in [0.2, 0.25) is 0 Å². The van der Waals surface area contributed by atoms with E-state index in [4.69, 9.17) is 14.0 Å². The van der Waals surface area contributed by atoms with Crippen molar-refractivity contribution < 1.29 is 14.0 Å². The average Bonchev–Trinajstić information content (AvgIpc) is 3.05. The first-order chi connectivity index (χ1) is 10.3. The molecule has 1 fully saturated rings. The number of methoxy groups -OCH3 is 2. The van der Waals surface area contributed by atoms with Crippen molar-refractivity contribution in [1.82, 2.24) is 15.5 Å². The van der Waals surface area contributed by atoms with Crippen LogP contribution in [0.25, 0.3) is 11.4 Å². The van der Waals surface area contributed by atoms with Crippen LogP contribution in [-0.4, -0.2) is 42.4 Å². The van der Waals surface area contributed by atoms with E-state index in [1.54, 1.807) is 14.2 Å². The largest absolute Gasteiger partial charge is 0.497 e. The van der Waals surface area contributed by atoms with Gasteiger partial charge in [0.25, 0.3) is 0 Å². The van der Waals surface area contributed by atoms with Gasteiger partial charge in [0.2, 0.25) is 11.7 Å². The number of nitrogens with zero attached hydrogens (tertiary/aromatic N) is 2. The molecule has 1 aliphatic rings. The quantitative estimate of drug-likeness (QED) is 0.928. The van der Waals surface area contributed by atoms with Gasteiger partial charge in [-0.3, -0.25) is 0 Å². The normalized spacial score (nSPS) is 18.5. The zero-order chi connectivity index (χ0) is 14.7. The number of rotatable bonds is 4. The molecule has 1 atom stereocenters. The highest BCUT2D eigenvalue weighted by molar-refractivity contribution is 7.99. The standard InChI is InChI=1S/C14H17N3O3S/c1-18-10-5-9(6-11(7-10)19-2)13-16-14(20-17-13)12-8-21-4-3-15-12/h5-7,12,15H,3-4,8H2,1-2H3. The van der Waals surface area contributed by atoms with Crippen molar-refractivity contribution in [1.29, 1.82) is 0 Å². The summed E-state index contributed by atoms with van der Waals surface area (Å²) in [6.45, 7) is 0.958. The van der Waals surface area contributed by atoms with Crippen molar-refractivity contribution >= 4 is 11.8 Å². The summed E-state index contributed by atoms with van der Waals surface area (Å²) in [5.41, 5.74) is 0.810. The minimum absolute atomic E-state index is 0.123. The van der Waals surface area contributed by atoms with Crippen LogP contribution in [0.15, 0.2) is 22.7 Å². The summed E-state index contributed by atoms with van der Waals surface area (Å²) < 4.78 is 15.9. The average molecular weight is 307 g/mol. The molecule has 0 radical (unpaired) electrons. The number of ether oxygens (including phenoxy) is 2. The van der Waals surface area contributed by atoms with E-state index in [1.807, 2.05) is 30.0 Å². The van der Waals surface area contributed by atoms with Crippen LogP contribution in [0.5, 0.6) is 11.5 Å². The molecule has 0 amide bonds. The topological polar surface area (TPSA) is 69.4 Å². The summed E-state index contributed by atoms with van der Waals surface area (Å²) in [7, 11) is 3.23. The third kappa shape index (κ3) is 3.14. The van der Waals surface area contributed by atoms with Crippen molar-refractivity contribution in [3.63, 3.8) is 0 Å². The molecular weight excluding hydrogens is 290 g/mol. The molecular formula is C14H17N3O3S. The van der Waals surface area contributed by atoms with Crippen molar-refractivity contribution in [2.45, 2.75) is 6.04 Å². The highest BCUT2D eigenvalue weighted by Crippen LogP contribution is 2.29. The van der Waals surface area contributed by atoms with Crippen LogP contribution >= 0.6 is 11.8 Å². The van der Waals surface area contributed by atoms with Crippen LogP contribution in [0, 0.1) is 0 Å². The van der Waals surface area contributed by atoms with Gasteiger partial charge in [0, 0.05) is 29.7 Å². The second-order valence-electron chi connectivity index (χ2n) is 4.64. The van der Waals surface area contributed by atoms with E-state index in [0.29, 0.717) is 23.2 Å². The van der Waals surface area contributed by atoms with Gasteiger partial charge < -0.3 is 19.3 Å². The Morgan fingerprint density at radius 3 is 2.62 bits per heavy atom. The Bertz CT molecular complexity index is 589. The number of benzene rings is 1. The molecule has 3 rings (SSSR count). The smallest absolute Gasteiger partial charge is 0.244 e. The molecule has 6 nitrogen and oxygen atoms in total. The lowest BCUT2D eigenvalue weighted by Gasteiger charge is -2.19. The number of thioether (sulfide) groups is 1. The van der Waals surface area contributed by atoms with Gasteiger partial charge in [-0.25, -0.2) is 0 Å². The summed E-state index contributed by atoms with van der Waals surface area (Å²) in [4.78, 5) is 4.49. The minimum Gasteiger partial charge on any atom is -0.497 e. The lowest BCUT2D eigenvalue weighted by atomic mass is 10.2. The fourth-order valence-electron chi connectivity index (χ4n) is 2.15. The van der Waals surface area contributed by atoms with Gasteiger partial charge in [-0.15, -0.1) is 0 Å². The molecule has 1 aromatic carbocycles. The lowest BCUT2D eigenvalue weighted by molar-refractivity contribution is 0.342. The Morgan fingerprint density at radius 2 is 2.00 bits per heavy atom. The summed E-state index contributed by atoms with van der Waals surface area (Å²) in [5, 5.41) is 7.44. The van der Waals surface area contributed by atoms with Gasteiger partial charge in [0.05, 0.1) is 20.3 Å². The second kappa shape index (κ2) is 6.36. The Morgan fingerprint density at radius 1 is 1.24 bits per heavy atom. The molecule has 1 N–H and O–H groups in total. The van der Waals surface area contributed by atoms with Crippen molar-refractivity contribution in [2.75, 3.05) is 32.3 Å². The zero-order valence-corrected chi connectivity index (χ0v) is 12.8. The molecule has 1 unspecified atom stereocenters. The molecule has 1 aromatic heterocycles. The molecule has 7 heteroatoms. The first kappa shape index (κ1) is 14.2. The third-order valence-corrected chi connectivity index (χ3v) is 4.33. The van der Waals surface area contributed by atoms with Crippen LogP contribution < -0.4 is 14.8 Å². The third-order valence-electron chi connectivity index (χ3n) is 3.27. The van der Waals surface area contributed by atoms with Crippen LogP contribution in [0.3, 0.4) is 0 Å². The monoisotopic (exact) mass is 307 g/mol. The van der Waals surface area contributed by atoms with Crippen molar-refractivity contribution in [2.24, 2.45) is 0 Å². The van der Waals surface area contributed by atoms with Crippen molar-refractivity contribution in [3.05, 3.63) is 24.1 Å². The minimum atomic E-state index is 0.123. The molecule has 0 aliphatic carbocycles. The van der Waals surface area contributed by atoms with Crippen molar-refractivity contribution in [3.8, 4) is 22.9 Å². The highest BCUT2D eigenvalue weighted by atomic mass is 32.2. The van der Waals surface area contributed by atoms with Gasteiger partial charge in [-0.1, -0.05) is 5.16 Å². The van der Waals surface area contributed by atoms with Gasteiger partial charge >= 0.3 is 0 Å². The van der Waals surface area contributed by atoms with E-state index in [1.165, 1.54) is 0 Å². The first-order valence-corrected chi connectivity index (χ1v) is 7.84. The molecule has 0 bridgehead atoms. The molecule has 2 heterocycles. The van der Waals surface area contributed by atoms with E-state index in [2.05, 4.69) is 15.5 Å². The van der Waals surface area contributed by atoms with Gasteiger partial charge in [0.15, 0.2) is 0 Å². The molecule has 0 saturated carbocycles. The Hall–Kier alpha value is -1.73. The first-order valence-electron chi connectivity index (χ1n) is 6.68. The predicted molar refractivity (Wildman–Crippen MR) is 80.9 cm³/mol. The predicted octanol–water partition coefficient (Wildman–Crippen LogP) is 2.13. The van der Waals surface area contributed by atoms with E-state index in [0.717, 1.165) is 23.6 Å². The number of aromatic nitrogens is 2. The summed E-state index contributed by atoms with van der Waals surface area (Å²) in [5.74, 6) is 4.62. The second-order valence-corrected chi connectivity index (χ2v) is 5.79. The van der Waals surface area contributed by atoms with Gasteiger partial charge in [-0.05, 0) is 12.1 Å². The van der Waals surface area contributed by atoms with E-state index in [9.17, 15) is 0 Å². The summed E-state index contributed by atoms with van der Waals surface area (Å²) in [6, 6.07) is 5.65. The number of nitrogens with one attached hydrogen (secondary N) is 1. The van der Waals surface area contributed by atoms with E-state index < -0.39 is 0 Å². The molecule has 1 saturated heterocycles. The molecule has 1 aliphatic heterocycles. The van der Waals surface area contributed by atoms with E-state index >= 15 is 0 Å². The maximum Gasteiger partial charge on any atom is 0.244 e. The Labute approximate surface area is 127 Å². The molecule has 112 valence electrons. The molecule has 21 heavy (non-hydrogen) atoms. The zero-order valence-electron chi connectivity index (χ0n) is 12.0. The molecule has 2 aromatic rings. The fraction of sp³-hybridized carbons (Fsp3) is 0.429. The Kier molecular flexibility index (Phi) is 4.31. The van der Waals surface area contributed by atoms with Crippen LogP contribution in [0.1, 0.15) is 11.9 Å². The molecule has 0 spiro atoms. The lowest BCUT2D eigenvalue weighted by Crippen LogP contribution is -2.30. The highest BCUT2D eigenvalue weighted by Gasteiger charge is 2.22. The SMILES string of the molecule is COc1cc(OC)cc(-c2noc(C3CSCCN3)n2)c1. The maximum atomic E-state index is 5.39. The van der Waals surface area contributed by atoms with Crippen LogP contribution in [0.4, 0.5) is 0 Å². The van der Waals surface area contributed by atoms with Gasteiger partial charge in [-0.2, -0.15) is 16.7 Å². The van der Waals surface area contributed by atoms with Gasteiger partial charge in [0.1, 0.15) is 11.5 Å². The Balaban J connectivity index is 1.88. The van der Waals surface area contributed by atoms with E-state index in [-0.39, 0.29) is 6.04 Å². The fourth-order valence-corrected chi connectivity index (χ4v) is 3.08. The summed E-state index contributed by atoms with van der Waals surface area (Å²) in [6.07, 6.45) is 0.